The van der Waals surface area contributed by atoms with Gasteiger partial charge in [0.2, 0.25) is 0 Å². The Hall–Kier alpha value is -2.53. The molecule has 0 unspecified atom stereocenters. The van der Waals surface area contributed by atoms with Crippen LogP contribution in [0.4, 0.5) is 0 Å². The van der Waals surface area contributed by atoms with E-state index in [1.54, 1.807) is 6.20 Å². The van der Waals surface area contributed by atoms with Gasteiger partial charge < -0.3 is 4.98 Å². The van der Waals surface area contributed by atoms with E-state index in [0.29, 0.717) is 0 Å². The number of rotatable bonds is 0. The molecule has 2 nitrogen and oxygen atoms in total. The van der Waals surface area contributed by atoms with Crippen LogP contribution in [-0.4, -0.2) is 9.97 Å². The molecule has 0 atom stereocenters. The van der Waals surface area contributed by atoms with E-state index in [0.717, 1.165) is 22.2 Å². The Morgan fingerprint density at radius 2 is 1.82 bits per heavy atom. The fourth-order valence-electron chi connectivity index (χ4n) is 1.72. The molecular weight excluding hydrogens is 208 g/mol. The van der Waals surface area contributed by atoms with Crippen molar-refractivity contribution in [2.75, 3.05) is 0 Å². The summed E-state index contributed by atoms with van der Waals surface area (Å²) in [5.74, 6) is 6.30. The lowest BCUT2D eigenvalue weighted by Crippen LogP contribution is -1.75. The minimum atomic E-state index is 0.880. The van der Waals surface area contributed by atoms with Crippen molar-refractivity contribution in [3.8, 4) is 11.8 Å². The standard InChI is InChI=1S/C15H10N2/c1-2-5-12(6-3-1)8-9-13-11-17-15-14(13)7-4-10-16-15/h1-7,10-11H,(H,16,17). The van der Waals surface area contributed by atoms with Crippen LogP contribution in [-0.2, 0) is 0 Å². The van der Waals surface area contributed by atoms with Gasteiger partial charge in [0, 0.05) is 23.3 Å². The fourth-order valence-corrected chi connectivity index (χ4v) is 1.72. The topological polar surface area (TPSA) is 28.7 Å². The smallest absolute Gasteiger partial charge is 0.138 e. The van der Waals surface area contributed by atoms with Crippen molar-refractivity contribution < 1.29 is 0 Å². The van der Waals surface area contributed by atoms with E-state index in [4.69, 9.17) is 0 Å². The molecule has 2 heterocycles. The van der Waals surface area contributed by atoms with Crippen LogP contribution in [0, 0.1) is 11.8 Å². The Kier molecular flexibility index (Phi) is 2.36. The van der Waals surface area contributed by atoms with E-state index >= 15 is 0 Å². The zero-order valence-electron chi connectivity index (χ0n) is 9.14. The molecule has 0 saturated carbocycles. The fraction of sp³-hybridized carbons (Fsp3) is 0. The normalized spacial score (nSPS) is 9.88. The maximum atomic E-state index is 4.23. The van der Waals surface area contributed by atoms with E-state index in [2.05, 4.69) is 21.8 Å². The Bertz CT molecular complexity index is 700. The van der Waals surface area contributed by atoms with Gasteiger partial charge in [-0.25, -0.2) is 4.98 Å². The number of aromatic amines is 1. The molecular formula is C15H10N2. The molecule has 0 spiro atoms. The number of H-pyrrole nitrogens is 1. The van der Waals surface area contributed by atoms with E-state index in [1.165, 1.54) is 0 Å². The highest BCUT2D eigenvalue weighted by Gasteiger charge is 1.99. The van der Waals surface area contributed by atoms with E-state index in [-0.39, 0.29) is 0 Å². The van der Waals surface area contributed by atoms with Gasteiger partial charge in [0.1, 0.15) is 5.65 Å². The zero-order chi connectivity index (χ0) is 11.5. The number of pyridine rings is 1. The van der Waals surface area contributed by atoms with Crippen LogP contribution in [0.5, 0.6) is 0 Å². The van der Waals surface area contributed by atoms with Gasteiger partial charge in [-0.1, -0.05) is 30.0 Å². The summed E-state index contributed by atoms with van der Waals surface area (Å²) in [4.78, 5) is 7.34. The van der Waals surface area contributed by atoms with Crippen LogP contribution in [0.3, 0.4) is 0 Å². The molecule has 0 saturated heterocycles. The molecule has 0 radical (unpaired) electrons. The summed E-state index contributed by atoms with van der Waals surface area (Å²) >= 11 is 0. The molecule has 3 rings (SSSR count). The predicted octanol–water partition coefficient (Wildman–Crippen LogP) is 2.96. The van der Waals surface area contributed by atoms with Crippen molar-refractivity contribution >= 4 is 11.0 Å². The number of nitrogens with one attached hydrogen (secondary N) is 1. The van der Waals surface area contributed by atoms with Crippen molar-refractivity contribution in [1.29, 1.82) is 0 Å². The summed E-state index contributed by atoms with van der Waals surface area (Å²) in [6.45, 7) is 0. The molecule has 0 aliphatic heterocycles. The number of hydrogen-bond donors (Lipinski definition) is 1. The highest BCUT2D eigenvalue weighted by Crippen LogP contribution is 2.14. The van der Waals surface area contributed by atoms with Crippen LogP contribution in [0.15, 0.2) is 54.9 Å². The molecule has 17 heavy (non-hydrogen) atoms. The van der Waals surface area contributed by atoms with Gasteiger partial charge in [-0.3, -0.25) is 0 Å². The lowest BCUT2D eigenvalue weighted by molar-refractivity contribution is 1.33. The number of aromatic nitrogens is 2. The predicted molar refractivity (Wildman–Crippen MR) is 68.5 cm³/mol. The quantitative estimate of drug-likeness (QED) is 0.577. The highest BCUT2D eigenvalue weighted by atomic mass is 14.8. The number of hydrogen-bond acceptors (Lipinski definition) is 1. The lowest BCUT2D eigenvalue weighted by atomic mass is 10.2. The van der Waals surface area contributed by atoms with Crippen LogP contribution in [0.1, 0.15) is 11.1 Å². The molecule has 0 bridgehead atoms. The molecule has 2 heteroatoms. The minimum Gasteiger partial charge on any atom is -0.345 e. The molecule has 0 aliphatic carbocycles. The second-order valence-corrected chi connectivity index (χ2v) is 3.72. The second-order valence-electron chi connectivity index (χ2n) is 3.72. The molecule has 0 amide bonds. The molecule has 0 aliphatic rings. The van der Waals surface area contributed by atoms with Gasteiger partial charge in [0.25, 0.3) is 0 Å². The summed E-state index contributed by atoms with van der Waals surface area (Å²) in [5, 5.41) is 1.07. The Balaban J connectivity index is 2.04. The van der Waals surface area contributed by atoms with Gasteiger partial charge in [0.05, 0.1) is 5.56 Å². The minimum absolute atomic E-state index is 0.880. The third kappa shape index (κ3) is 1.91. The largest absolute Gasteiger partial charge is 0.345 e. The number of nitrogens with zero attached hydrogens (tertiary/aromatic N) is 1. The lowest BCUT2D eigenvalue weighted by Gasteiger charge is -1.88. The van der Waals surface area contributed by atoms with Gasteiger partial charge in [-0.05, 0) is 24.3 Å². The van der Waals surface area contributed by atoms with E-state index in [1.807, 2.05) is 48.7 Å². The highest BCUT2D eigenvalue weighted by molar-refractivity contribution is 5.82. The average molecular weight is 218 g/mol. The first-order valence-corrected chi connectivity index (χ1v) is 5.43. The monoisotopic (exact) mass is 218 g/mol. The Morgan fingerprint density at radius 1 is 0.941 bits per heavy atom. The maximum Gasteiger partial charge on any atom is 0.138 e. The molecule has 0 fully saturated rings. The molecule has 3 aromatic rings. The molecule has 1 N–H and O–H groups in total. The van der Waals surface area contributed by atoms with Gasteiger partial charge in [-0.15, -0.1) is 0 Å². The summed E-state index contributed by atoms with van der Waals surface area (Å²) < 4.78 is 0. The summed E-state index contributed by atoms with van der Waals surface area (Å²) in [6.07, 6.45) is 3.67. The summed E-state index contributed by atoms with van der Waals surface area (Å²) in [7, 11) is 0. The molecule has 2 aromatic heterocycles. The van der Waals surface area contributed by atoms with Crippen molar-refractivity contribution in [1.82, 2.24) is 9.97 Å². The molecule has 1 aromatic carbocycles. The van der Waals surface area contributed by atoms with Crippen LogP contribution >= 0.6 is 0 Å². The first-order valence-electron chi connectivity index (χ1n) is 5.43. The van der Waals surface area contributed by atoms with E-state index in [9.17, 15) is 0 Å². The summed E-state index contributed by atoms with van der Waals surface area (Å²) in [6, 6.07) is 13.9. The van der Waals surface area contributed by atoms with Gasteiger partial charge in [-0.2, -0.15) is 0 Å². The van der Waals surface area contributed by atoms with Crippen LogP contribution in [0.2, 0.25) is 0 Å². The van der Waals surface area contributed by atoms with Crippen molar-refractivity contribution in [3.05, 3.63) is 66.0 Å². The van der Waals surface area contributed by atoms with Crippen LogP contribution in [0.25, 0.3) is 11.0 Å². The molecule has 80 valence electrons. The van der Waals surface area contributed by atoms with Crippen molar-refractivity contribution in [3.63, 3.8) is 0 Å². The SMILES string of the molecule is C(#Cc1c[nH]c2ncccc12)c1ccccc1. The van der Waals surface area contributed by atoms with Crippen LogP contribution < -0.4 is 0 Å². The Morgan fingerprint density at radius 3 is 2.71 bits per heavy atom. The van der Waals surface area contributed by atoms with Crippen molar-refractivity contribution in [2.45, 2.75) is 0 Å². The number of benzene rings is 1. The average Bonchev–Trinajstić information content (AvgIpc) is 2.81. The zero-order valence-corrected chi connectivity index (χ0v) is 9.14. The first-order chi connectivity index (χ1) is 8.43. The van der Waals surface area contributed by atoms with Gasteiger partial charge >= 0.3 is 0 Å². The maximum absolute atomic E-state index is 4.23. The Labute approximate surface area is 99.3 Å². The van der Waals surface area contributed by atoms with Crippen molar-refractivity contribution in [2.24, 2.45) is 0 Å². The summed E-state index contributed by atoms with van der Waals surface area (Å²) in [5.41, 5.74) is 2.88. The first kappa shape index (κ1) is 9.68. The third-order valence-corrected chi connectivity index (χ3v) is 2.57. The number of fused-ring (bicyclic) bond motifs is 1. The third-order valence-electron chi connectivity index (χ3n) is 2.57. The van der Waals surface area contributed by atoms with E-state index < -0.39 is 0 Å². The second kappa shape index (κ2) is 4.15. The van der Waals surface area contributed by atoms with Gasteiger partial charge in [0.15, 0.2) is 0 Å².